The second-order valence-corrected chi connectivity index (χ2v) is 8.77. The van der Waals surface area contributed by atoms with Crippen LogP contribution in [0.3, 0.4) is 0 Å². The van der Waals surface area contributed by atoms with Crippen LogP contribution in [-0.2, 0) is 17.8 Å². The number of nitriles is 1. The number of benzene rings is 3. The van der Waals surface area contributed by atoms with Crippen molar-refractivity contribution in [2.24, 2.45) is 0 Å². The summed E-state index contributed by atoms with van der Waals surface area (Å²) in [5.41, 5.74) is 2.33. The monoisotopic (exact) mass is 568 g/mol. The Morgan fingerprint density at radius 1 is 1.15 bits per heavy atom. The molecule has 33 heavy (non-hydrogen) atoms. The lowest BCUT2D eigenvalue weighted by Crippen LogP contribution is -2.14. The molecule has 166 valence electrons. The van der Waals surface area contributed by atoms with E-state index in [1.807, 2.05) is 36.4 Å². The predicted octanol–water partition coefficient (Wildman–Crippen LogP) is 7.20. The van der Waals surface area contributed by atoms with Crippen molar-refractivity contribution in [3.63, 3.8) is 0 Å². The van der Waals surface area contributed by atoms with Gasteiger partial charge in [-0.1, -0.05) is 46.3 Å². The molecule has 0 unspecified atom stereocenters. The van der Waals surface area contributed by atoms with E-state index in [1.165, 1.54) is 24.3 Å². The van der Waals surface area contributed by atoms with Gasteiger partial charge >= 0.3 is 0 Å². The molecule has 3 rings (SSSR count). The molecule has 0 aromatic heterocycles. The lowest BCUT2D eigenvalue weighted by atomic mass is 10.0. The molecular weight excluding hydrogens is 551 g/mol. The van der Waals surface area contributed by atoms with Gasteiger partial charge in [0.2, 0.25) is 0 Å². The summed E-state index contributed by atoms with van der Waals surface area (Å²) < 4.78 is 21.6. The molecule has 0 aliphatic carbocycles. The van der Waals surface area contributed by atoms with Crippen molar-refractivity contribution < 1.29 is 13.9 Å². The molecule has 0 heterocycles. The first-order valence-electron chi connectivity index (χ1n) is 9.89. The minimum Gasteiger partial charge on any atom is -0.487 e. The maximum Gasteiger partial charge on any atom is 0.266 e. The summed E-state index contributed by atoms with van der Waals surface area (Å²) >= 11 is 6.95. The number of nitrogens with one attached hydrogen (secondary N) is 1. The van der Waals surface area contributed by atoms with Gasteiger partial charge < -0.3 is 10.1 Å². The number of halogens is 3. The van der Waals surface area contributed by atoms with E-state index in [0.717, 1.165) is 15.6 Å². The van der Waals surface area contributed by atoms with Crippen molar-refractivity contribution in [3.05, 3.63) is 110 Å². The molecule has 1 N–H and O–H groups in total. The Hall–Kier alpha value is -3.21. The Morgan fingerprint density at radius 3 is 2.55 bits per heavy atom. The smallest absolute Gasteiger partial charge is 0.266 e. The number of carbonyl (C=O) groups excluding carboxylic acids is 1. The highest BCUT2D eigenvalue weighted by Gasteiger charge is 2.14. The minimum atomic E-state index is -0.695. The summed E-state index contributed by atoms with van der Waals surface area (Å²) in [6.45, 7) is 4.18. The maximum atomic E-state index is 13.8. The molecule has 0 radical (unpaired) electrons. The molecule has 0 saturated carbocycles. The fourth-order valence-electron chi connectivity index (χ4n) is 3.03. The Kier molecular flexibility index (Phi) is 8.58. The van der Waals surface area contributed by atoms with Crippen LogP contribution in [0.2, 0.25) is 0 Å². The summed E-state index contributed by atoms with van der Waals surface area (Å²) in [4.78, 5) is 12.5. The molecule has 0 spiro atoms. The first kappa shape index (κ1) is 24.4. The molecule has 0 bridgehead atoms. The van der Waals surface area contributed by atoms with Crippen LogP contribution in [0, 0.1) is 17.1 Å². The molecule has 0 fully saturated rings. The molecule has 3 aromatic rings. The number of hydrogen-bond donors (Lipinski definition) is 1. The minimum absolute atomic E-state index is 0.00821. The third-order valence-electron chi connectivity index (χ3n) is 4.60. The van der Waals surface area contributed by atoms with Gasteiger partial charge in [-0.15, -0.1) is 6.58 Å². The molecule has 4 nitrogen and oxygen atoms in total. The number of ether oxygens (including phenoxy) is 1. The number of anilines is 1. The fraction of sp³-hybridized carbons (Fsp3) is 0.0769. The molecule has 0 atom stereocenters. The van der Waals surface area contributed by atoms with Crippen LogP contribution in [0.25, 0.3) is 6.08 Å². The van der Waals surface area contributed by atoms with Crippen molar-refractivity contribution in [1.29, 1.82) is 5.26 Å². The van der Waals surface area contributed by atoms with Crippen molar-refractivity contribution in [2.45, 2.75) is 13.0 Å². The van der Waals surface area contributed by atoms with Gasteiger partial charge in [-0.05, 0) is 81.5 Å². The van der Waals surface area contributed by atoms with Crippen LogP contribution in [-0.4, -0.2) is 5.91 Å². The van der Waals surface area contributed by atoms with E-state index in [2.05, 4.69) is 43.8 Å². The lowest BCUT2D eigenvalue weighted by Gasteiger charge is -2.14. The van der Waals surface area contributed by atoms with E-state index in [1.54, 1.807) is 18.2 Å². The lowest BCUT2D eigenvalue weighted by molar-refractivity contribution is -0.112. The first-order valence-corrected chi connectivity index (χ1v) is 11.5. The highest BCUT2D eigenvalue weighted by Crippen LogP contribution is 2.33. The normalized spacial score (nSPS) is 10.9. The highest BCUT2D eigenvalue weighted by molar-refractivity contribution is 9.10. The topological polar surface area (TPSA) is 62.1 Å². The largest absolute Gasteiger partial charge is 0.487 e. The summed E-state index contributed by atoms with van der Waals surface area (Å²) in [6.07, 6.45) is 3.73. The summed E-state index contributed by atoms with van der Waals surface area (Å²) in [7, 11) is 0. The van der Waals surface area contributed by atoms with Crippen LogP contribution in [0.4, 0.5) is 10.1 Å². The van der Waals surface area contributed by atoms with E-state index in [-0.39, 0.29) is 11.3 Å². The predicted molar refractivity (Wildman–Crippen MR) is 135 cm³/mol. The average molecular weight is 570 g/mol. The number of allylic oxidation sites excluding steroid dienone is 1. The maximum absolute atomic E-state index is 13.8. The van der Waals surface area contributed by atoms with Crippen molar-refractivity contribution in [1.82, 2.24) is 0 Å². The van der Waals surface area contributed by atoms with Gasteiger partial charge in [0, 0.05) is 4.47 Å². The molecule has 0 aliphatic rings. The standard InChI is InChI=1S/C26H19Br2FN2O2/c1-2-5-19-12-18(13-20(15-30)26(32)31-24-7-4-3-6-23(24)29)14-22(28)25(19)33-16-17-8-10-21(27)11-9-17/h2-4,6-14H,1,5,16H2,(H,31,32)/b20-13-. The summed E-state index contributed by atoms with van der Waals surface area (Å²) in [5.74, 6) is -0.615. The Bertz CT molecular complexity index is 1250. The van der Waals surface area contributed by atoms with Gasteiger partial charge in [-0.2, -0.15) is 5.26 Å². The highest BCUT2D eigenvalue weighted by atomic mass is 79.9. The van der Waals surface area contributed by atoms with Crippen molar-refractivity contribution >= 4 is 49.5 Å². The van der Waals surface area contributed by atoms with Crippen molar-refractivity contribution in [3.8, 4) is 11.8 Å². The van der Waals surface area contributed by atoms with Gasteiger partial charge in [0.1, 0.15) is 29.8 Å². The fourth-order valence-corrected chi connectivity index (χ4v) is 3.93. The number of nitrogens with zero attached hydrogens (tertiary/aromatic N) is 1. The van der Waals surface area contributed by atoms with Gasteiger partial charge in [0.25, 0.3) is 5.91 Å². The number of rotatable bonds is 8. The number of hydrogen-bond acceptors (Lipinski definition) is 3. The number of para-hydroxylation sites is 1. The zero-order chi connectivity index (χ0) is 23.8. The van der Waals surface area contributed by atoms with E-state index in [4.69, 9.17) is 4.74 Å². The third-order valence-corrected chi connectivity index (χ3v) is 5.72. The summed E-state index contributed by atoms with van der Waals surface area (Å²) in [6, 6.07) is 19.1. The van der Waals surface area contributed by atoms with E-state index < -0.39 is 11.7 Å². The Morgan fingerprint density at radius 2 is 1.88 bits per heavy atom. The van der Waals surface area contributed by atoms with E-state index in [0.29, 0.717) is 28.8 Å². The Balaban J connectivity index is 1.86. The molecule has 0 aliphatic heterocycles. The number of carbonyl (C=O) groups is 1. The van der Waals surface area contributed by atoms with Gasteiger partial charge in [0.05, 0.1) is 10.2 Å². The Labute approximate surface area is 208 Å². The van der Waals surface area contributed by atoms with E-state index in [9.17, 15) is 14.4 Å². The molecular formula is C26H19Br2FN2O2. The van der Waals surface area contributed by atoms with Crippen LogP contribution in [0.15, 0.2) is 87.8 Å². The third kappa shape index (κ3) is 6.64. The molecule has 1 amide bonds. The van der Waals surface area contributed by atoms with Crippen LogP contribution in [0.1, 0.15) is 16.7 Å². The SMILES string of the molecule is C=CCc1cc(/C=C(/C#N)C(=O)Nc2ccccc2F)cc(Br)c1OCc1ccc(Br)cc1. The molecule has 7 heteroatoms. The average Bonchev–Trinajstić information content (AvgIpc) is 2.79. The quantitative estimate of drug-likeness (QED) is 0.177. The van der Waals surface area contributed by atoms with Gasteiger partial charge in [-0.25, -0.2) is 4.39 Å². The second-order valence-electron chi connectivity index (χ2n) is 7.00. The van der Waals surface area contributed by atoms with Crippen LogP contribution < -0.4 is 10.1 Å². The van der Waals surface area contributed by atoms with Crippen LogP contribution >= 0.6 is 31.9 Å². The summed E-state index contributed by atoms with van der Waals surface area (Å²) in [5, 5.41) is 11.9. The second kappa shape index (κ2) is 11.6. The molecule has 3 aromatic carbocycles. The molecule has 0 saturated heterocycles. The first-order chi connectivity index (χ1) is 15.9. The zero-order valence-electron chi connectivity index (χ0n) is 17.4. The van der Waals surface area contributed by atoms with Crippen molar-refractivity contribution in [2.75, 3.05) is 5.32 Å². The number of amides is 1. The zero-order valence-corrected chi connectivity index (χ0v) is 20.6. The van der Waals surface area contributed by atoms with Gasteiger partial charge in [0.15, 0.2) is 0 Å². The van der Waals surface area contributed by atoms with E-state index >= 15 is 0 Å². The van der Waals surface area contributed by atoms with Gasteiger partial charge in [-0.3, -0.25) is 4.79 Å². The van der Waals surface area contributed by atoms with Crippen LogP contribution in [0.5, 0.6) is 5.75 Å².